The minimum absolute atomic E-state index is 0.00657. The molecule has 1 saturated heterocycles. The normalized spacial score (nSPS) is 18.6. The molecule has 0 aliphatic carbocycles. The standard InChI is InChI=1S/C25H25FN4O3/c26-19-8-6-17(7-9-19)22-14-30-16-27-23(21(30)15-33-22)25(32)29-12-10-18(11-13-29)24(31)28-20-4-2-1-3-5-20/h1-9,16,18,22H,10-15H2,(H,28,31)/t22-/m0/s1. The highest BCUT2D eigenvalue weighted by Crippen LogP contribution is 2.29. The lowest BCUT2D eigenvalue weighted by atomic mass is 9.95. The summed E-state index contributed by atoms with van der Waals surface area (Å²) in [5, 5.41) is 2.95. The number of ether oxygens (including phenoxy) is 1. The Morgan fingerprint density at radius 3 is 2.48 bits per heavy atom. The van der Waals surface area contributed by atoms with Crippen molar-refractivity contribution in [2.75, 3.05) is 18.4 Å². The van der Waals surface area contributed by atoms with Crippen LogP contribution in [0, 0.1) is 11.7 Å². The van der Waals surface area contributed by atoms with Gasteiger partial charge in [0.05, 0.1) is 25.2 Å². The topological polar surface area (TPSA) is 76.5 Å². The molecule has 0 spiro atoms. The molecule has 3 heterocycles. The quantitative estimate of drug-likeness (QED) is 0.659. The van der Waals surface area contributed by atoms with Gasteiger partial charge >= 0.3 is 0 Å². The maximum atomic E-state index is 13.2. The van der Waals surface area contributed by atoms with Gasteiger partial charge in [0, 0.05) is 24.7 Å². The van der Waals surface area contributed by atoms with Crippen LogP contribution in [0.3, 0.4) is 0 Å². The number of nitrogens with zero attached hydrogens (tertiary/aromatic N) is 3. The van der Waals surface area contributed by atoms with Crippen molar-refractivity contribution < 1.29 is 18.7 Å². The molecule has 3 aromatic rings. The summed E-state index contributed by atoms with van der Waals surface area (Å²) in [5.74, 6) is -0.542. The van der Waals surface area contributed by atoms with Gasteiger partial charge in [-0.25, -0.2) is 9.37 Å². The van der Waals surface area contributed by atoms with E-state index in [-0.39, 0.29) is 36.3 Å². The predicted molar refractivity (Wildman–Crippen MR) is 120 cm³/mol. The first-order valence-corrected chi connectivity index (χ1v) is 11.1. The van der Waals surface area contributed by atoms with Crippen LogP contribution in [0.2, 0.25) is 0 Å². The summed E-state index contributed by atoms with van der Waals surface area (Å²) in [6.45, 7) is 1.80. The van der Waals surface area contributed by atoms with Gasteiger partial charge in [-0.2, -0.15) is 0 Å². The number of piperidine rings is 1. The van der Waals surface area contributed by atoms with Crippen molar-refractivity contribution in [3.8, 4) is 0 Å². The molecule has 1 fully saturated rings. The van der Waals surface area contributed by atoms with Crippen LogP contribution >= 0.6 is 0 Å². The Labute approximate surface area is 191 Å². The van der Waals surface area contributed by atoms with Crippen LogP contribution in [-0.4, -0.2) is 39.4 Å². The fourth-order valence-electron chi connectivity index (χ4n) is 4.45. The van der Waals surface area contributed by atoms with Gasteiger partial charge in [0.2, 0.25) is 5.91 Å². The Hall–Kier alpha value is -3.52. The number of rotatable bonds is 4. The van der Waals surface area contributed by atoms with Crippen molar-refractivity contribution in [2.45, 2.75) is 32.1 Å². The number of anilines is 1. The fourth-order valence-corrected chi connectivity index (χ4v) is 4.45. The third-order valence-corrected chi connectivity index (χ3v) is 6.37. The van der Waals surface area contributed by atoms with Gasteiger partial charge in [-0.3, -0.25) is 9.59 Å². The number of para-hydroxylation sites is 1. The highest BCUT2D eigenvalue weighted by atomic mass is 19.1. The number of imidazole rings is 1. The summed E-state index contributed by atoms with van der Waals surface area (Å²) < 4.78 is 21.1. The van der Waals surface area contributed by atoms with Crippen LogP contribution in [0.15, 0.2) is 60.9 Å². The maximum Gasteiger partial charge on any atom is 0.274 e. The minimum Gasteiger partial charge on any atom is -0.365 e. The van der Waals surface area contributed by atoms with E-state index in [1.807, 2.05) is 34.9 Å². The smallest absolute Gasteiger partial charge is 0.274 e. The molecule has 0 bridgehead atoms. The van der Waals surface area contributed by atoms with Gasteiger partial charge < -0.3 is 19.5 Å². The first-order chi connectivity index (χ1) is 16.1. The Bertz CT molecular complexity index is 1140. The van der Waals surface area contributed by atoms with Gasteiger partial charge in [-0.15, -0.1) is 0 Å². The van der Waals surface area contributed by atoms with Crippen molar-refractivity contribution in [3.63, 3.8) is 0 Å². The summed E-state index contributed by atoms with van der Waals surface area (Å²) in [7, 11) is 0. The lowest BCUT2D eigenvalue weighted by Gasteiger charge is -2.31. The van der Waals surface area contributed by atoms with Gasteiger partial charge in [0.1, 0.15) is 11.9 Å². The Balaban J connectivity index is 1.19. The first kappa shape index (κ1) is 21.3. The predicted octanol–water partition coefficient (Wildman–Crippen LogP) is 3.78. The van der Waals surface area contributed by atoms with Crippen molar-refractivity contribution >= 4 is 17.5 Å². The second-order valence-corrected chi connectivity index (χ2v) is 8.47. The van der Waals surface area contributed by atoms with Crippen LogP contribution < -0.4 is 5.32 Å². The van der Waals surface area contributed by atoms with Gasteiger partial charge in [-0.1, -0.05) is 30.3 Å². The summed E-state index contributed by atoms with van der Waals surface area (Å²) in [6, 6.07) is 15.7. The molecule has 7 nitrogen and oxygen atoms in total. The van der Waals surface area contributed by atoms with E-state index < -0.39 is 0 Å². The SMILES string of the molecule is O=C(Nc1ccccc1)C1CCN(C(=O)c2ncn3c2CO[C@H](c2ccc(F)cc2)C3)CC1. The molecule has 170 valence electrons. The van der Waals surface area contributed by atoms with E-state index in [0.717, 1.165) is 16.9 Å². The van der Waals surface area contributed by atoms with E-state index >= 15 is 0 Å². The molecule has 2 aliphatic heterocycles. The molecule has 8 heteroatoms. The zero-order chi connectivity index (χ0) is 22.8. The van der Waals surface area contributed by atoms with E-state index in [4.69, 9.17) is 4.74 Å². The molecule has 0 radical (unpaired) electrons. The van der Waals surface area contributed by atoms with Crippen molar-refractivity contribution in [3.05, 3.63) is 83.7 Å². The van der Waals surface area contributed by atoms with Crippen molar-refractivity contribution in [1.82, 2.24) is 14.5 Å². The number of hydrogen-bond donors (Lipinski definition) is 1. The average molecular weight is 448 g/mol. The molecule has 1 N–H and O–H groups in total. The first-order valence-electron chi connectivity index (χ1n) is 11.1. The fraction of sp³-hybridized carbons (Fsp3) is 0.320. The zero-order valence-corrected chi connectivity index (χ0v) is 18.1. The molecule has 2 aromatic carbocycles. The van der Waals surface area contributed by atoms with Gasteiger partial charge in [0.25, 0.3) is 5.91 Å². The molecular weight excluding hydrogens is 423 g/mol. The number of nitrogens with one attached hydrogen (secondary N) is 1. The van der Waals surface area contributed by atoms with Crippen LogP contribution in [0.25, 0.3) is 0 Å². The number of carbonyl (C=O) groups excluding carboxylic acids is 2. The second-order valence-electron chi connectivity index (χ2n) is 8.47. The number of aromatic nitrogens is 2. The number of carbonyl (C=O) groups is 2. The second kappa shape index (κ2) is 9.15. The van der Waals surface area contributed by atoms with Crippen LogP contribution in [0.5, 0.6) is 0 Å². The molecular formula is C25H25FN4O3. The highest BCUT2D eigenvalue weighted by Gasteiger charge is 2.32. The maximum absolute atomic E-state index is 13.2. The minimum atomic E-state index is -0.285. The Kier molecular flexibility index (Phi) is 5.92. The van der Waals surface area contributed by atoms with Crippen LogP contribution in [0.4, 0.5) is 10.1 Å². The van der Waals surface area contributed by atoms with Crippen LogP contribution in [-0.2, 0) is 22.7 Å². The van der Waals surface area contributed by atoms with E-state index in [0.29, 0.717) is 38.2 Å². The number of hydrogen-bond acceptors (Lipinski definition) is 4. The monoisotopic (exact) mass is 448 g/mol. The molecule has 0 unspecified atom stereocenters. The van der Waals surface area contributed by atoms with Crippen molar-refractivity contribution in [2.24, 2.45) is 5.92 Å². The Morgan fingerprint density at radius 1 is 1.03 bits per heavy atom. The van der Waals surface area contributed by atoms with Gasteiger partial charge in [0.15, 0.2) is 5.69 Å². The number of halogens is 1. The van der Waals surface area contributed by atoms with Gasteiger partial charge in [-0.05, 0) is 42.7 Å². The molecule has 5 rings (SSSR count). The lowest BCUT2D eigenvalue weighted by Crippen LogP contribution is -2.42. The number of fused-ring (bicyclic) bond motifs is 1. The molecule has 2 amide bonds. The molecule has 1 atom stereocenters. The Morgan fingerprint density at radius 2 is 1.76 bits per heavy atom. The van der Waals surface area contributed by atoms with Crippen molar-refractivity contribution in [1.29, 1.82) is 0 Å². The van der Waals surface area contributed by atoms with E-state index in [1.165, 1.54) is 12.1 Å². The van der Waals surface area contributed by atoms with E-state index in [9.17, 15) is 14.0 Å². The summed E-state index contributed by atoms with van der Waals surface area (Å²) in [6.07, 6.45) is 2.68. The summed E-state index contributed by atoms with van der Waals surface area (Å²) in [5.41, 5.74) is 2.83. The number of benzene rings is 2. The largest absolute Gasteiger partial charge is 0.365 e. The number of likely N-dealkylation sites (tertiary alicyclic amines) is 1. The lowest BCUT2D eigenvalue weighted by molar-refractivity contribution is -0.121. The molecule has 1 aromatic heterocycles. The molecule has 2 aliphatic rings. The summed E-state index contributed by atoms with van der Waals surface area (Å²) >= 11 is 0. The van der Waals surface area contributed by atoms with E-state index in [2.05, 4.69) is 10.3 Å². The molecule has 0 saturated carbocycles. The zero-order valence-electron chi connectivity index (χ0n) is 18.1. The average Bonchev–Trinajstić information content (AvgIpc) is 3.28. The molecule has 33 heavy (non-hydrogen) atoms. The number of amides is 2. The highest BCUT2D eigenvalue weighted by molar-refractivity contribution is 5.95. The van der Waals surface area contributed by atoms with E-state index in [1.54, 1.807) is 23.4 Å². The third-order valence-electron chi connectivity index (χ3n) is 6.37. The summed E-state index contributed by atoms with van der Waals surface area (Å²) in [4.78, 5) is 31.8. The van der Waals surface area contributed by atoms with Crippen LogP contribution in [0.1, 0.15) is 40.7 Å². The third kappa shape index (κ3) is 4.52.